The largest absolute Gasteiger partial charge is 0.455 e. The van der Waals surface area contributed by atoms with Crippen LogP contribution in [-0.4, -0.2) is 4.98 Å². The average molecular weight is 406 g/mol. The van der Waals surface area contributed by atoms with Gasteiger partial charge in [0.1, 0.15) is 11.2 Å². The third kappa shape index (κ3) is 2.76. The molecule has 2 heterocycles. The molecule has 6 aromatic rings. The molecule has 0 spiro atoms. The van der Waals surface area contributed by atoms with Crippen molar-refractivity contribution in [2.45, 2.75) is 13.7 Å². The van der Waals surface area contributed by atoms with Crippen LogP contribution in [0.4, 0.5) is 0 Å². The maximum Gasteiger partial charge on any atom is 0.144 e. The summed E-state index contributed by atoms with van der Waals surface area (Å²) in [7, 11) is 0. The minimum atomic E-state index is -2.61. The van der Waals surface area contributed by atoms with Crippen molar-refractivity contribution >= 4 is 32.7 Å². The van der Waals surface area contributed by atoms with E-state index in [-0.39, 0.29) is 11.1 Å². The Hall–Kier alpha value is -3.91. The van der Waals surface area contributed by atoms with Gasteiger partial charge in [-0.25, -0.2) is 0 Å². The molecule has 2 heteroatoms. The van der Waals surface area contributed by atoms with Gasteiger partial charge in [-0.2, -0.15) is 0 Å². The summed E-state index contributed by atoms with van der Waals surface area (Å²) in [5.41, 5.74) is 3.83. The quantitative estimate of drug-likeness (QED) is 0.291. The Balaban J connectivity index is 1.65. The van der Waals surface area contributed by atoms with E-state index in [2.05, 4.69) is 29.2 Å². The van der Waals surface area contributed by atoms with Crippen molar-refractivity contribution in [3.05, 3.63) is 102 Å². The van der Waals surface area contributed by atoms with Gasteiger partial charge in [0.2, 0.25) is 0 Å². The van der Waals surface area contributed by atoms with E-state index < -0.39 is 13.7 Å². The summed E-state index contributed by atoms with van der Waals surface area (Å²) in [6, 6.07) is 27.3. The van der Waals surface area contributed by atoms with Gasteiger partial charge in [0.05, 0.1) is 5.69 Å². The Morgan fingerprint density at radius 2 is 1.48 bits per heavy atom. The number of benzene rings is 4. The van der Waals surface area contributed by atoms with Crippen LogP contribution in [-0.2, 0) is 0 Å². The highest BCUT2D eigenvalue weighted by Gasteiger charge is 2.17. The normalized spacial score (nSPS) is 15.2. The summed E-state index contributed by atoms with van der Waals surface area (Å²) in [6.45, 7) is -5.20. The van der Waals surface area contributed by atoms with Crippen molar-refractivity contribution in [2.24, 2.45) is 0 Å². The fraction of sp³-hybridized carbons (Fsp3) is 0.0690. The van der Waals surface area contributed by atoms with Crippen molar-refractivity contribution < 1.29 is 12.6 Å². The molecule has 0 amide bonds. The Kier molecular flexibility index (Phi) is 2.79. The van der Waals surface area contributed by atoms with Gasteiger partial charge in [-0.1, -0.05) is 66.7 Å². The number of aryl methyl sites for hydroxylation is 2. The summed E-state index contributed by atoms with van der Waals surface area (Å²) in [5, 5.41) is 3.98. The molecule has 148 valence electrons. The van der Waals surface area contributed by atoms with Crippen molar-refractivity contribution in [1.29, 1.82) is 0 Å². The number of furan rings is 1. The third-order valence-corrected chi connectivity index (χ3v) is 5.77. The molecule has 0 fully saturated rings. The van der Waals surface area contributed by atoms with Gasteiger partial charge < -0.3 is 4.42 Å². The molecule has 0 aliphatic rings. The Labute approximate surface area is 189 Å². The minimum Gasteiger partial charge on any atom is -0.455 e. The van der Waals surface area contributed by atoms with Crippen LogP contribution in [0.25, 0.3) is 55.1 Å². The molecule has 0 unspecified atom stereocenters. The molecule has 0 saturated heterocycles. The molecular formula is C29H21NO. The molecule has 6 rings (SSSR count). The molecular weight excluding hydrogens is 378 g/mol. The molecule has 0 aliphatic heterocycles. The van der Waals surface area contributed by atoms with Crippen LogP contribution in [0.5, 0.6) is 0 Å². The summed E-state index contributed by atoms with van der Waals surface area (Å²) < 4.78 is 53.5. The van der Waals surface area contributed by atoms with Gasteiger partial charge in [0.15, 0.2) is 0 Å². The van der Waals surface area contributed by atoms with Crippen molar-refractivity contribution in [3.63, 3.8) is 0 Å². The summed E-state index contributed by atoms with van der Waals surface area (Å²) >= 11 is 0. The molecule has 0 N–H and O–H groups in total. The van der Waals surface area contributed by atoms with Gasteiger partial charge in [0.25, 0.3) is 0 Å². The van der Waals surface area contributed by atoms with Crippen molar-refractivity contribution in [1.82, 2.24) is 4.98 Å². The van der Waals surface area contributed by atoms with E-state index in [9.17, 15) is 0 Å². The van der Waals surface area contributed by atoms with E-state index in [4.69, 9.17) is 12.6 Å². The highest BCUT2D eigenvalue weighted by molar-refractivity contribution is 6.23. The maximum atomic E-state index is 7.93. The third-order valence-electron chi connectivity index (χ3n) is 5.77. The molecule has 0 atom stereocenters. The van der Waals surface area contributed by atoms with E-state index in [0.717, 1.165) is 38.9 Å². The predicted molar refractivity (Wildman–Crippen MR) is 129 cm³/mol. The second-order valence-corrected chi connectivity index (χ2v) is 7.61. The topological polar surface area (TPSA) is 26.0 Å². The second-order valence-electron chi connectivity index (χ2n) is 7.61. The number of pyridine rings is 1. The zero-order valence-electron chi connectivity index (χ0n) is 22.5. The number of aromatic nitrogens is 1. The zero-order valence-corrected chi connectivity index (χ0v) is 16.5. The van der Waals surface area contributed by atoms with E-state index in [1.54, 1.807) is 0 Å². The van der Waals surface area contributed by atoms with Gasteiger partial charge in [-0.15, -0.1) is 0 Å². The first-order chi connectivity index (χ1) is 17.6. The number of rotatable bonds is 2. The number of hydrogen-bond donors (Lipinski definition) is 0. The first-order valence-corrected chi connectivity index (χ1v) is 10.1. The van der Waals surface area contributed by atoms with Crippen molar-refractivity contribution in [3.8, 4) is 22.4 Å². The lowest BCUT2D eigenvalue weighted by molar-refractivity contribution is 0.670. The lowest BCUT2D eigenvalue weighted by Gasteiger charge is -2.08. The van der Waals surface area contributed by atoms with E-state index in [1.165, 1.54) is 6.07 Å². The Bertz CT molecular complexity index is 1800. The van der Waals surface area contributed by atoms with Gasteiger partial charge in [0, 0.05) is 30.8 Å². The second kappa shape index (κ2) is 6.82. The standard InChI is InChI=1S/C29H21NO/c1-18-15-26(30-17-19(18)2)23-13-8-14-24-28-22-12-7-6-11-21(22)25(16-27(28)31-29(23)24)20-9-4-3-5-10-20/h3-17H,1-2H3/i1D3,2D3. The lowest BCUT2D eigenvalue weighted by atomic mass is 9.94. The van der Waals surface area contributed by atoms with Crippen LogP contribution in [0.3, 0.4) is 0 Å². The average Bonchev–Trinajstić information content (AvgIpc) is 3.26. The first kappa shape index (κ1) is 12.7. The minimum absolute atomic E-state index is 0.234. The van der Waals surface area contributed by atoms with E-state index in [0.29, 0.717) is 22.4 Å². The van der Waals surface area contributed by atoms with Crippen LogP contribution in [0.1, 0.15) is 19.4 Å². The summed E-state index contributed by atoms with van der Waals surface area (Å²) in [5.74, 6) is 0. The lowest BCUT2D eigenvalue weighted by Crippen LogP contribution is -1.88. The van der Waals surface area contributed by atoms with Crippen LogP contribution in [0.2, 0.25) is 0 Å². The SMILES string of the molecule is [2H]C([2H])([2H])c1cnc(-c2cccc3c2oc2cc(-c4ccccc4)c4ccccc4c23)cc1C([2H])([2H])[2H]. The van der Waals surface area contributed by atoms with Crippen LogP contribution in [0, 0.1) is 13.7 Å². The zero-order chi connectivity index (χ0) is 25.9. The number of para-hydroxylation sites is 1. The summed E-state index contributed by atoms with van der Waals surface area (Å²) in [4.78, 5) is 4.37. The number of fused-ring (bicyclic) bond motifs is 5. The van der Waals surface area contributed by atoms with E-state index >= 15 is 0 Å². The summed E-state index contributed by atoms with van der Waals surface area (Å²) in [6.07, 6.45) is 1.15. The van der Waals surface area contributed by atoms with Crippen molar-refractivity contribution in [2.75, 3.05) is 0 Å². The Morgan fingerprint density at radius 1 is 0.710 bits per heavy atom. The van der Waals surface area contributed by atoms with Gasteiger partial charge in [-0.05, 0) is 64.9 Å². The fourth-order valence-electron chi connectivity index (χ4n) is 4.32. The molecule has 0 saturated carbocycles. The first-order valence-electron chi connectivity index (χ1n) is 13.1. The molecule has 4 aromatic carbocycles. The van der Waals surface area contributed by atoms with Crippen LogP contribution >= 0.6 is 0 Å². The number of nitrogens with zero attached hydrogens (tertiary/aromatic N) is 1. The molecule has 31 heavy (non-hydrogen) atoms. The molecule has 0 bridgehead atoms. The molecule has 0 radical (unpaired) electrons. The highest BCUT2D eigenvalue weighted by atomic mass is 16.3. The Morgan fingerprint density at radius 3 is 2.32 bits per heavy atom. The fourth-order valence-corrected chi connectivity index (χ4v) is 4.32. The predicted octanol–water partition coefficient (Wildman–Crippen LogP) is 8.09. The highest BCUT2D eigenvalue weighted by Crippen LogP contribution is 2.42. The number of hydrogen-bond acceptors (Lipinski definition) is 2. The van der Waals surface area contributed by atoms with Crippen LogP contribution in [0.15, 0.2) is 95.5 Å². The van der Waals surface area contributed by atoms with Gasteiger partial charge in [-0.3, -0.25) is 4.98 Å². The molecule has 0 aliphatic carbocycles. The van der Waals surface area contributed by atoms with E-state index in [1.807, 2.05) is 54.6 Å². The van der Waals surface area contributed by atoms with Gasteiger partial charge >= 0.3 is 0 Å². The monoisotopic (exact) mass is 405 g/mol. The smallest absolute Gasteiger partial charge is 0.144 e. The van der Waals surface area contributed by atoms with Crippen LogP contribution < -0.4 is 0 Å². The molecule has 2 aromatic heterocycles. The molecule has 2 nitrogen and oxygen atoms in total. The maximum absolute atomic E-state index is 7.93.